The Balaban J connectivity index is 1.58. The number of carbonyl (C=O) groups is 3. The number of carbonyl (C=O) groups excluding carboxylic acids is 2. The summed E-state index contributed by atoms with van der Waals surface area (Å²) in [6.45, 7) is 1.53. The smallest absolute Gasteiger partial charge is 0.436 e. The van der Waals surface area contributed by atoms with Crippen LogP contribution in [-0.4, -0.2) is 50.7 Å². The van der Waals surface area contributed by atoms with Gasteiger partial charge >= 0.3 is 18.2 Å². The summed E-state index contributed by atoms with van der Waals surface area (Å²) in [4.78, 5) is 38.7. The lowest BCUT2D eigenvalue weighted by atomic mass is 9.70. The molecule has 8 nitrogen and oxygen atoms in total. The Hall–Kier alpha value is -2.79. The lowest BCUT2D eigenvalue weighted by Gasteiger charge is -2.41. The van der Waals surface area contributed by atoms with Gasteiger partial charge in [0.05, 0.1) is 40.3 Å². The van der Waals surface area contributed by atoms with Crippen LogP contribution in [0, 0.1) is 11.3 Å². The monoisotopic (exact) mass is 589 g/mol. The molecule has 1 aromatic heterocycles. The molecule has 1 amide bonds. The maximum absolute atomic E-state index is 14.2. The van der Waals surface area contributed by atoms with E-state index in [9.17, 15) is 32.7 Å². The number of ether oxygens (including phenoxy) is 1. The molecule has 212 valence electrons. The van der Waals surface area contributed by atoms with E-state index in [1.54, 1.807) is 6.07 Å². The van der Waals surface area contributed by atoms with E-state index in [4.69, 9.17) is 27.9 Å². The van der Waals surface area contributed by atoms with Crippen molar-refractivity contribution in [2.75, 3.05) is 13.1 Å². The van der Waals surface area contributed by atoms with Crippen LogP contribution in [0.4, 0.5) is 18.0 Å². The number of halogens is 5. The number of ketones is 1. The first-order valence-electron chi connectivity index (χ1n) is 12.6. The van der Waals surface area contributed by atoms with Gasteiger partial charge in [-0.05, 0) is 56.1 Å². The zero-order chi connectivity index (χ0) is 28.5. The average molecular weight is 590 g/mol. The van der Waals surface area contributed by atoms with E-state index in [1.165, 1.54) is 12.1 Å². The van der Waals surface area contributed by atoms with Crippen molar-refractivity contribution < 1.29 is 37.4 Å². The Morgan fingerprint density at radius 2 is 1.77 bits per heavy atom. The first-order chi connectivity index (χ1) is 18.3. The first-order valence-corrected chi connectivity index (χ1v) is 13.4. The fourth-order valence-corrected chi connectivity index (χ4v) is 5.90. The Morgan fingerprint density at radius 3 is 2.28 bits per heavy atom. The van der Waals surface area contributed by atoms with Gasteiger partial charge in [-0.3, -0.25) is 19.2 Å². The summed E-state index contributed by atoms with van der Waals surface area (Å²) in [5, 5.41) is 13.3. The molecule has 39 heavy (non-hydrogen) atoms. The number of carboxylic acids is 1. The number of rotatable bonds is 8. The highest BCUT2D eigenvalue weighted by Gasteiger charge is 2.43. The minimum atomic E-state index is -4.90. The second-order valence-electron chi connectivity index (χ2n) is 10.6. The normalized spacial score (nSPS) is 20.7. The molecule has 2 aliphatic carbocycles. The Morgan fingerprint density at radius 1 is 1.15 bits per heavy atom. The third-order valence-corrected chi connectivity index (χ3v) is 8.22. The van der Waals surface area contributed by atoms with E-state index in [1.807, 2.05) is 6.92 Å². The Kier molecular flexibility index (Phi) is 8.51. The van der Waals surface area contributed by atoms with Crippen molar-refractivity contribution in [1.82, 2.24) is 14.7 Å². The molecule has 2 aromatic rings. The van der Waals surface area contributed by atoms with E-state index in [2.05, 4.69) is 5.10 Å². The minimum absolute atomic E-state index is 0.0122. The molecule has 0 radical (unpaired) electrons. The number of aromatic nitrogens is 2. The molecule has 1 N–H and O–H groups in total. The zero-order valence-electron chi connectivity index (χ0n) is 21.1. The summed E-state index contributed by atoms with van der Waals surface area (Å²) >= 11 is 12.3. The SMILES string of the molecule is CC1(CN(CC(=O)c2c(Cl)cccc2Cl)C(=O)Oc2cnn([C@H]3CC[C@H](C(=O)O)CC3)c2C(F)(F)F)CCC1. The van der Waals surface area contributed by atoms with Crippen molar-refractivity contribution in [1.29, 1.82) is 0 Å². The van der Waals surface area contributed by atoms with Crippen LogP contribution in [0.1, 0.15) is 74.0 Å². The van der Waals surface area contributed by atoms with Crippen LogP contribution in [0.5, 0.6) is 5.75 Å². The van der Waals surface area contributed by atoms with Crippen molar-refractivity contribution in [3.8, 4) is 5.75 Å². The summed E-state index contributed by atoms with van der Waals surface area (Å²) in [5.74, 6) is -2.95. The predicted molar refractivity (Wildman–Crippen MR) is 136 cm³/mol. The van der Waals surface area contributed by atoms with Gasteiger partial charge in [0.2, 0.25) is 0 Å². The number of amides is 1. The Bertz CT molecular complexity index is 1230. The number of carboxylic acid groups (broad SMARTS) is 1. The molecule has 0 bridgehead atoms. The number of alkyl halides is 3. The van der Waals surface area contributed by atoms with Gasteiger partial charge in [-0.2, -0.15) is 18.3 Å². The van der Waals surface area contributed by atoms with Crippen LogP contribution in [0.2, 0.25) is 10.0 Å². The average Bonchev–Trinajstić information content (AvgIpc) is 3.26. The molecule has 2 aliphatic rings. The van der Waals surface area contributed by atoms with Crippen LogP contribution < -0.4 is 4.74 Å². The number of aliphatic carboxylic acids is 1. The third-order valence-electron chi connectivity index (χ3n) is 7.59. The van der Waals surface area contributed by atoms with Crippen LogP contribution in [0.15, 0.2) is 24.4 Å². The molecule has 0 aliphatic heterocycles. The van der Waals surface area contributed by atoms with Gasteiger partial charge in [0, 0.05) is 6.54 Å². The fourth-order valence-electron chi connectivity index (χ4n) is 5.29. The first kappa shape index (κ1) is 29.2. The van der Waals surface area contributed by atoms with Gasteiger partial charge in [0.25, 0.3) is 0 Å². The second-order valence-corrected chi connectivity index (χ2v) is 11.4. The molecular formula is C26H28Cl2F3N3O5. The lowest BCUT2D eigenvalue weighted by molar-refractivity contribution is -0.148. The van der Waals surface area contributed by atoms with E-state index < -0.39 is 54.0 Å². The highest BCUT2D eigenvalue weighted by molar-refractivity contribution is 6.40. The number of hydrogen-bond donors (Lipinski definition) is 1. The van der Waals surface area contributed by atoms with Gasteiger partial charge in [0.15, 0.2) is 17.2 Å². The van der Waals surface area contributed by atoms with Crippen LogP contribution >= 0.6 is 23.2 Å². The molecule has 2 saturated carbocycles. The summed E-state index contributed by atoms with van der Waals surface area (Å²) in [5.41, 5.74) is -1.54. The second kappa shape index (κ2) is 11.4. The third kappa shape index (κ3) is 6.51. The van der Waals surface area contributed by atoms with Crippen molar-refractivity contribution in [2.24, 2.45) is 11.3 Å². The predicted octanol–water partition coefficient (Wildman–Crippen LogP) is 6.90. The Labute approximate surface area is 233 Å². The molecule has 2 fully saturated rings. The molecule has 1 aromatic carbocycles. The van der Waals surface area contributed by atoms with Crippen LogP contribution in [0.3, 0.4) is 0 Å². The summed E-state index contributed by atoms with van der Waals surface area (Å²) in [6.07, 6.45) is -1.90. The van der Waals surface area contributed by atoms with Gasteiger partial charge < -0.3 is 9.84 Å². The van der Waals surface area contributed by atoms with Crippen molar-refractivity contribution >= 4 is 41.0 Å². The van der Waals surface area contributed by atoms with Gasteiger partial charge in [-0.1, -0.05) is 42.6 Å². The molecular weight excluding hydrogens is 562 g/mol. The largest absolute Gasteiger partial charge is 0.481 e. The highest BCUT2D eigenvalue weighted by atomic mass is 35.5. The van der Waals surface area contributed by atoms with Gasteiger partial charge in [-0.15, -0.1) is 0 Å². The standard InChI is InChI=1S/C26H28Cl2F3N3O5/c1-25(10-3-11-25)14-33(13-19(35)21-17(27)4-2-5-18(21)28)24(38)39-20-12-32-34(22(20)26(29,30)31)16-8-6-15(7-9-16)23(36)37/h2,4-5,12,15-16H,3,6-11,13-14H2,1H3,(H,36,37)/t15-,16-. The maximum atomic E-state index is 14.2. The topological polar surface area (TPSA) is 102 Å². The molecule has 0 spiro atoms. The van der Waals surface area contributed by atoms with Crippen molar-refractivity contribution in [3.05, 3.63) is 45.7 Å². The lowest BCUT2D eigenvalue weighted by Crippen LogP contribution is -2.46. The van der Waals surface area contributed by atoms with E-state index >= 15 is 0 Å². The van der Waals surface area contributed by atoms with E-state index in [0.29, 0.717) is 0 Å². The number of nitrogens with zero attached hydrogens (tertiary/aromatic N) is 3. The van der Waals surface area contributed by atoms with E-state index in [-0.39, 0.29) is 53.3 Å². The number of Topliss-reactive ketones (excluding diaryl/α,β-unsaturated/α-hetero) is 1. The molecule has 1 heterocycles. The maximum Gasteiger partial charge on any atom is 0.436 e. The van der Waals surface area contributed by atoms with Gasteiger partial charge in [-0.25, -0.2) is 4.79 Å². The van der Waals surface area contributed by atoms with E-state index in [0.717, 1.165) is 35.0 Å². The fraction of sp³-hybridized carbons (Fsp3) is 0.538. The van der Waals surface area contributed by atoms with Crippen molar-refractivity contribution in [2.45, 2.75) is 64.1 Å². The molecule has 4 rings (SSSR count). The number of benzene rings is 1. The summed E-state index contributed by atoms with van der Waals surface area (Å²) in [6, 6.07) is 3.82. The highest BCUT2D eigenvalue weighted by Crippen LogP contribution is 2.43. The molecule has 13 heteroatoms. The molecule has 0 saturated heterocycles. The molecule has 0 unspecified atom stereocenters. The van der Waals surface area contributed by atoms with Crippen LogP contribution in [-0.2, 0) is 11.0 Å². The van der Waals surface area contributed by atoms with Crippen LogP contribution in [0.25, 0.3) is 0 Å². The minimum Gasteiger partial charge on any atom is -0.481 e. The summed E-state index contributed by atoms with van der Waals surface area (Å²) < 4.78 is 48.5. The van der Waals surface area contributed by atoms with Crippen molar-refractivity contribution in [3.63, 3.8) is 0 Å². The quantitative estimate of drug-likeness (QED) is 0.336. The number of hydrogen-bond acceptors (Lipinski definition) is 5. The molecule has 0 atom stereocenters. The van der Waals surface area contributed by atoms with Gasteiger partial charge in [0.1, 0.15) is 0 Å². The summed E-state index contributed by atoms with van der Waals surface area (Å²) in [7, 11) is 0. The zero-order valence-corrected chi connectivity index (χ0v) is 22.7.